The van der Waals surface area contributed by atoms with Crippen LogP contribution in [0.4, 0.5) is 0 Å². The van der Waals surface area contributed by atoms with Gasteiger partial charge in [-0.15, -0.1) is 0 Å². The summed E-state index contributed by atoms with van der Waals surface area (Å²) < 4.78 is 0. The highest BCUT2D eigenvalue weighted by Crippen LogP contribution is 2.37. The molecule has 0 atom stereocenters. The predicted octanol–water partition coefficient (Wildman–Crippen LogP) is 4.74. The highest BCUT2D eigenvalue weighted by Gasteiger charge is 2.24. The fourth-order valence-corrected chi connectivity index (χ4v) is 4.35. The van der Waals surface area contributed by atoms with Crippen LogP contribution in [-0.4, -0.2) is 34.6 Å². The maximum absolute atomic E-state index is 11.8. The van der Waals surface area contributed by atoms with E-state index >= 15 is 0 Å². The molecule has 0 unspecified atom stereocenters. The Balaban J connectivity index is 1.91. The van der Waals surface area contributed by atoms with E-state index in [1.54, 1.807) is 12.1 Å². The van der Waals surface area contributed by atoms with E-state index in [-0.39, 0.29) is 0 Å². The number of carboxylic acid groups (broad SMARTS) is 1. The Morgan fingerprint density at radius 1 is 1.00 bits per heavy atom. The largest absolute Gasteiger partial charge is 0.478 e. The molecule has 138 valence electrons. The Morgan fingerprint density at radius 2 is 1.79 bits per heavy atom. The summed E-state index contributed by atoms with van der Waals surface area (Å²) in [7, 11) is 2.10. The second kappa shape index (κ2) is 6.43. The quantitative estimate of drug-likeness (QED) is 0.519. The number of nitrogens with zero attached hydrogens (tertiary/aromatic N) is 2. The van der Waals surface area contributed by atoms with Crippen molar-refractivity contribution in [1.82, 2.24) is 9.88 Å². The first-order chi connectivity index (χ1) is 13.6. The molecule has 0 aliphatic carbocycles. The Morgan fingerprint density at radius 3 is 2.64 bits per heavy atom. The zero-order chi connectivity index (χ0) is 19.3. The van der Waals surface area contributed by atoms with Crippen LogP contribution < -0.4 is 0 Å². The molecule has 2 heterocycles. The van der Waals surface area contributed by atoms with Gasteiger partial charge in [-0.2, -0.15) is 0 Å². The summed E-state index contributed by atoms with van der Waals surface area (Å²) in [5.74, 6) is -0.922. The number of fused-ring (bicyclic) bond motifs is 5. The van der Waals surface area contributed by atoms with E-state index in [4.69, 9.17) is 4.98 Å². The van der Waals surface area contributed by atoms with Gasteiger partial charge in [0.05, 0.1) is 16.8 Å². The normalized spacial score (nSPS) is 14.3. The summed E-state index contributed by atoms with van der Waals surface area (Å²) in [4.78, 5) is 19.1. The Labute approximate surface area is 163 Å². The van der Waals surface area contributed by atoms with E-state index in [0.29, 0.717) is 11.1 Å². The Hall–Kier alpha value is -3.24. The van der Waals surface area contributed by atoms with Gasteiger partial charge in [0.15, 0.2) is 0 Å². The molecule has 4 aromatic rings. The van der Waals surface area contributed by atoms with E-state index in [0.717, 1.165) is 36.3 Å². The fourth-order valence-electron chi connectivity index (χ4n) is 4.35. The number of rotatable bonds is 2. The lowest BCUT2D eigenvalue weighted by Crippen LogP contribution is -2.27. The van der Waals surface area contributed by atoms with Crippen molar-refractivity contribution in [3.05, 3.63) is 77.4 Å². The lowest BCUT2D eigenvalue weighted by atomic mass is 9.88. The molecule has 4 nitrogen and oxygen atoms in total. The van der Waals surface area contributed by atoms with Crippen LogP contribution >= 0.6 is 0 Å². The zero-order valence-electron chi connectivity index (χ0n) is 15.6. The van der Waals surface area contributed by atoms with Crippen molar-refractivity contribution >= 4 is 27.6 Å². The zero-order valence-corrected chi connectivity index (χ0v) is 15.6. The second-order valence-electron chi connectivity index (χ2n) is 7.44. The van der Waals surface area contributed by atoms with E-state index in [1.165, 1.54) is 21.7 Å². The van der Waals surface area contributed by atoms with Crippen molar-refractivity contribution < 1.29 is 9.90 Å². The van der Waals surface area contributed by atoms with Gasteiger partial charge >= 0.3 is 5.97 Å². The highest BCUT2D eigenvalue weighted by atomic mass is 16.4. The average Bonchev–Trinajstić information content (AvgIpc) is 2.72. The summed E-state index contributed by atoms with van der Waals surface area (Å²) in [6.45, 7) is 1.75. The van der Waals surface area contributed by atoms with Crippen molar-refractivity contribution in [1.29, 1.82) is 0 Å². The molecule has 0 spiro atoms. The number of carboxylic acids is 1. The molecule has 0 bridgehead atoms. The molecule has 1 aliphatic heterocycles. The first-order valence-electron chi connectivity index (χ1n) is 9.48. The van der Waals surface area contributed by atoms with Crippen LogP contribution in [0.1, 0.15) is 21.5 Å². The maximum atomic E-state index is 11.8. The third-order valence-corrected chi connectivity index (χ3v) is 5.68. The van der Waals surface area contributed by atoms with Crippen LogP contribution in [0.15, 0.2) is 60.7 Å². The van der Waals surface area contributed by atoms with Gasteiger partial charge in [-0.05, 0) is 47.5 Å². The number of benzene rings is 3. The molecule has 0 saturated heterocycles. The molecule has 1 aromatic heterocycles. The van der Waals surface area contributed by atoms with Crippen LogP contribution in [-0.2, 0) is 13.0 Å². The maximum Gasteiger partial charge on any atom is 0.336 e. The molecular formula is C24H20N2O2. The third-order valence-electron chi connectivity index (χ3n) is 5.68. The van der Waals surface area contributed by atoms with Gasteiger partial charge in [0.25, 0.3) is 0 Å². The fraction of sp³-hybridized carbons (Fsp3) is 0.167. The molecule has 4 heteroatoms. The van der Waals surface area contributed by atoms with Crippen LogP contribution in [0, 0.1) is 0 Å². The number of aromatic nitrogens is 1. The van der Waals surface area contributed by atoms with Crippen molar-refractivity contribution in [3.63, 3.8) is 0 Å². The van der Waals surface area contributed by atoms with Crippen LogP contribution in [0.3, 0.4) is 0 Å². The van der Waals surface area contributed by atoms with E-state index in [2.05, 4.69) is 48.3 Å². The number of likely N-dealkylation sites (N-methyl/N-ethyl adjacent to an activating group) is 1. The molecule has 1 aliphatic rings. The van der Waals surface area contributed by atoms with Gasteiger partial charge in [0.1, 0.15) is 0 Å². The molecule has 0 saturated carbocycles. The molecular weight excluding hydrogens is 348 g/mol. The Bertz CT molecular complexity index is 1250. The lowest BCUT2D eigenvalue weighted by molar-refractivity contribution is 0.0697. The van der Waals surface area contributed by atoms with Gasteiger partial charge in [-0.3, -0.25) is 0 Å². The number of hydrogen-bond acceptors (Lipinski definition) is 3. The SMILES string of the molecule is CN1CCc2c(c(-c3ccccc3C(=O)O)nc3ccc4ccccc4c23)C1. The van der Waals surface area contributed by atoms with Crippen molar-refractivity contribution in [2.75, 3.05) is 13.6 Å². The minimum atomic E-state index is -0.922. The smallest absolute Gasteiger partial charge is 0.336 e. The van der Waals surface area contributed by atoms with E-state index in [1.807, 2.05) is 12.1 Å². The monoisotopic (exact) mass is 368 g/mol. The standard InChI is InChI=1S/C24H20N2O2/c1-26-13-12-17-20(14-26)23(18-8-4-5-9-19(18)24(27)28)25-21-11-10-15-6-2-3-7-16(15)22(17)21/h2-11H,12-14H2,1H3,(H,27,28). The van der Waals surface area contributed by atoms with E-state index < -0.39 is 5.97 Å². The number of pyridine rings is 1. The van der Waals surface area contributed by atoms with Gasteiger partial charge in [0.2, 0.25) is 0 Å². The van der Waals surface area contributed by atoms with Gasteiger partial charge in [0, 0.05) is 24.0 Å². The lowest BCUT2D eigenvalue weighted by Gasteiger charge is -2.28. The van der Waals surface area contributed by atoms with Crippen LogP contribution in [0.2, 0.25) is 0 Å². The van der Waals surface area contributed by atoms with Crippen LogP contribution in [0.25, 0.3) is 32.9 Å². The first kappa shape index (κ1) is 16.9. The molecule has 5 rings (SSSR count). The van der Waals surface area contributed by atoms with Crippen LogP contribution in [0.5, 0.6) is 0 Å². The van der Waals surface area contributed by atoms with Gasteiger partial charge in [-0.1, -0.05) is 48.5 Å². The van der Waals surface area contributed by atoms with Crippen molar-refractivity contribution in [3.8, 4) is 11.3 Å². The summed E-state index contributed by atoms with van der Waals surface area (Å²) in [5, 5.41) is 13.3. The predicted molar refractivity (Wildman–Crippen MR) is 112 cm³/mol. The number of aromatic carboxylic acids is 1. The van der Waals surface area contributed by atoms with Gasteiger partial charge in [-0.25, -0.2) is 9.78 Å². The summed E-state index contributed by atoms with van der Waals surface area (Å²) in [6, 6.07) is 19.7. The minimum absolute atomic E-state index is 0.297. The molecule has 1 N–H and O–H groups in total. The highest BCUT2D eigenvalue weighted by molar-refractivity contribution is 6.09. The minimum Gasteiger partial charge on any atom is -0.478 e. The summed E-state index contributed by atoms with van der Waals surface area (Å²) >= 11 is 0. The first-order valence-corrected chi connectivity index (χ1v) is 9.48. The molecule has 0 fully saturated rings. The van der Waals surface area contributed by atoms with Gasteiger partial charge < -0.3 is 10.0 Å². The molecule has 0 amide bonds. The second-order valence-corrected chi connectivity index (χ2v) is 7.44. The average molecular weight is 368 g/mol. The molecule has 0 radical (unpaired) electrons. The number of hydrogen-bond donors (Lipinski definition) is 1. The molecule has 3 aromatic carbocycles. The summed E-state index contributed by atoms with van der Waals surface area (Å²) in [5.41, 5.74) is 5.16. The summed E-state index contributed by atoms with van der Waals surface area (Å²) in [6.07, 6.45) is 0.932. The van der Waals surface area contributed by atoms with E-state index in [9.17, 15) is 9.90 Å². The van der Waals surface area contributed by atoms with Crippen molar-refractivity contribution in [2.24, 2.45) is 0 Å². The Kier molecular flexibility index (Phi) is 3.88. The number of carbonyl (C=O) groups is 1. The molecule has 28 heavy (non-hydrogen) atoms. The van der Waals surface area contributed by atoms with Crippen molar-refractivity contribution in [2.45, 2.75) is 13.0 Å². The third kappa shape index (κ3) is 2.57. The topological polar surface area (TPSA) is 53.4 Å².